The summed E-state index contributed by atoms with van der Waals surface area (Å²) in [6.45, 7) is 1.90. The Morgan fingerprint density at radius 1 is 1.41 bits per heavy atom. The number of rotatable bonds is 6. The zero-order valence-corrected chi connectivity index (χ0v) is 9.25. The van der Waals surface area contributed by atoms with Gasteiger partial charge in [0.15, 0.2) is 0 Å². The van der Waals surface area contributed by atoms with Crippen LogP contribution >= 0.6 is 0 Å². The summed E-state index contributed by atoms with van der Waals surface area (Å²) in [6.07, 6.45) is 1.48. The van der Waals surface area contributed by atoms with Crippen molar-refractivity contribution in [3.63, 3.8) is 0 Å². The molecule has 3 N–H and O–H groups in total. The molecule has 0 aliphatic heterocycles. The zero-order chi connectivity index (χ0) is 12.8. The Kier molecular flexibility index (Phi) is 4.38. The van der Waals surface area contributed by atoms with Crippen LogP contribution in [0.5, 0.6) is 0 Å². The van der Waals surface area contributed by atoms with Crippen LogP contribution in [-0.2, 0) is 16.0 Å². The smallest absolute Gasteiger partial charge is 0.326 e. The highest BCUT2D eigenvalue weighted by molar-refractivity contribution is 5.83. The van der Waals surface area contributed by atoms with E-state index in [2.05, 4.69) is 15.3 Å². The van der Waals surface area contributed by atoms with Gasteiger partial charge in [-0.15, -0.1) is 0 Å². The van der Waals surface area contributed by atoms with Crippen molar-refractivity contribution in [1.82, 2.24) is 9.97 Å². The lowest BCUT2D eigenvalue weighted by atomic mass is 10.2. The summed E-state index contributed by atoms with van der Waals surface area (Å²) in [5, 5.41) is 20.0. The predicted octanol–water partition coefficient (Wildman–Crippen LogP) is 0.379. The van der Waals surface area contributed by atoms with Crippen molar-refractivity contribution in [1.29, 1.82) is 0 Å². The minimum Gasteiger partial charge on any atom is -0.481 e. The third kappa shape index (κ3) is 4.06. The number of nitrogens with zero attached hydrogens (tertiary/aromatic N) is 2. The van der Waals surface area contributed by atoms with Crippen molar-refractivity contribution in [3.05, 3.63) is 18.1 Å². The molecule has 92 valence electrons. The maximum atomic E-state index is 10.8. The standard InChI is InChI=1S/C10H13N3O4/c1-2-6-3-8(12-5-11-6)13-7(10(16)17)4-9(14)15/h3,5,7H,2,4H2,1H3,(H,14,15)(H,16,17)(H,11,12,13). The highest BCUT2D eigenvalue weighted by atomic mass is 16.4. The molecule has 1 aromatic rings. The minimum atomic E-state index is -1.23. The first-order chi connectivity index (χ1) is 8.02. The Labute approximate surface area is 97.5 Å². The lowest BCUT2D eigenvalue weighted by Crippen LogP contribution is -2.32. The summed E-state index contributed by atoms with van der Waals surface area (Å²) < 4.78 is 0. The van der Waals surface area contributed by atoms with Gasteiger partial charge < -0.3 is 15.5 Å². The lowest BCUT2D eigenvalue weighted by Gasteiger charge is -2.12. The minimum absolute atomic E-state index is 0.311. The van der Waals surface area contributed by atoms with Crippen LogP contribution in [-0.4, -0.2) is 38.2 Å². The predicted molar refractivity (Wildman–Crippen MR) is 58.7 cm³/mol. The van der Waals surface area contributed by atoms with Crippen LogP contribution in [0.4, 0.5) is 5.82 Å². The summed E-state index contributed by atoms with van der Waals surface area (Å²) in [5.74, 6) is -2.11. The third-order valence-electron chi connectivity index (χ3n) is 2.08. The van der Waals surface area contributed by atoms with Crippen molar-refractivity contribution >= 4 is 17.8 Å². The molecule has 0 saturated heterocycles. The Bertz CT molecular complexity index is 422. The Hall–Kier alpha value is -2.18. The van der Waals surface area contributed by atoms with Gasteiger partial charge in [0.2, 0.25) is 0 Å². The number of carboxylic acid groups (broad SMARTS) is 2. The summed E-state index contributed by atoms with van der Waals surface area (Å²) in [5.41, 5.74) is 0.752. The molecule has 0 radical (unpaired) electrons. The van der Waals surface area contributed by atoms with E-state index in [1.165, 1.54) is 6.33 Å². The molecule has 0 aliphatic rings. The molecular formula is C10H13N3O4. The van der Waals surface area contributed by atoms with Crippen molar-refractivity contribution in [2.24, 2.45) is 0 Å². The van der Waals surface area contributed by atoms with E-state index in [1.54, 1.807) is 6.07 Å². The van der Waals surface area contributed by atoms with Crippen LogP contribution in [0.2, 0.25) is 0 Å². The molecule has 1 atom stereocenters. The molecule has 1 aromatic heterocycles. The highest BCUT2D eigenvalue weighted by Gasteiger charge is 2.21. The maximum absolute atomic E-state index is 10.8. The molecule has 0 bridgehead atoms. The van der Waals surface area contributed by atoms with Crippen LogP contribution in [0, 0.1) is 0 Å². The van der Waals surface area contributed by atoms with E-state index < -0.39 is 24.4 Å². The fourth-order valence-electron chi connectivity index (χ4n) is 1.22. The number of aromatic nitrogens is 2. The zero-order valence-electron chi connectivity index (χ0n) is 9.25. The van der Waals surface area contributed by atoms with Crippen molar-refractivity contribution < 1.29 is 19.8 Å². The van der Waals surface area contributed by atoms with Crippen LogP contribution < -0.4 is 5.32 Å². The van der Waals surface area contributed by atoms with Gasteiger partial charge in [-0.1, -0.05) is 6.92 Å². The van der Waals surface area contributed by atoms with Gasteiger partial charge >= 0.3 is 11.9 Å². The average Bonchev–Trinajstić information content (AvgIpc) is 2.27. The summed E-state index contributed by atoms with van der Waals surface area (Å²) in [7, 11) is 0. The van der Waals surface area contributed by atoms with Crippen LogP contribution in [0.15, 0.2) is 12.4 Å². The molecule has 1 rings (SSSR count). The number of aliphatic carboxylic acids is 2. The second-order valence-corrected chi connectivity index (χ2v) is 3.38. The fourth-order valence-corrected chi connectivity index (χ4v) is 1.22. The van der Waals surface area contributed by atoms with Crippen molar-refractivity contribution in [2.75, 3.05) is 5.32 Å². The van der Waals surface area contributed by atoms with E-state index >= 15 is 0 Å². The number of carbonyl (C=O) groups is 2. The quantitative estimate of drug-likeness (QED) is 0.657. The summed E-state index contributed by atoms with van der Waals surface area (Å²) in [6, 6.07) is 0.393. The second-order valence-electron chi connectivity index (χ2n) is 3.38. The number of hydrogen-bond acceptors (Lipinski definition) is 5. The van der Waals surface area contributed by atoms with E-state index in [-0.39, 0.29) is 0 Å². The van der Waals surface area contributed by atoms with Gasteiger partial charge in [-0.25, -0.2) is 14.8 Å². The normalized spacial score (nSPS) is 11.8. The second kappa shape index (κ2) is 5.78. The molecule has 7 nitrogen and oxygen atoms in total. The Morgan fingerprint density at radius 3 is 2.65 bits per heavy atom. The molecule has 0 spiro atoms. The Balaban J connectivity index is 2.78. The maximum Gasteiger partial charge on any atom is 0.326 e. The van der Waals surface area contributed by atoms with Gasteiger partial charge in [-0.3, -0.25) is 4.79 Å². The third-order valence-corrected chi connectivity index (χ3v) is 2.08. The van der Waals surface area contributed by atoms with Crippen LogP contribution in [0.25, 0.3) is 0 Å². The van der Waals surface area contributed by atoms with E-state index in [1.807, 2.05) is 6.92 Å². The van der Waals surface area contributed by atoms with Crippen LogP contribution in [0.1, 0.15) is 19.0 Å². The molecule has 1 heterocycles. The first-order valence-electron chi connectivity index (χ1n) is 5.05. The molecule has 0 aromatic carbocycles. The molecule has 1 unspecified atom stereocenters. The van der Waals surface area contributed by atoms with Crippen molar-refractivity contribution in [2.45, 2.75) is 25.8 Å². The Morgan fingerprint density at radius 2 is 2.12 bits per heavy atom. The first kappa shape index (κ1) is 12.9. The number of nitrogens with one attached hydrogen (secondary N) is 1. The molecule has 0 amide bonds. The van der Waals surface area contributed by atoms with Gasteiger partial charge in [-0.2, -0.15) is 0 Å². The average molecular weight is 239 g/mol. The van der Waals surface area contributed by atoms with E-state index in [4.69, 9.17) is 10.2 Å². The van der Waals surface area contributed by atoms with Crippen LogP contribution in [0.3, 0.4) is 0 Å². The van der Waals surface area contributed by atoms with Gasteiger partial charge in [-0.05, 0) is 6.42 Å². The number of hydrogen-bond donors (Lipinski definition) is 3. The highest BCUT2D eigenvalue weighted by Crippen LogP contribution is 2.08. The summed E-state index contributed by atoms with van der Waals surface area (Å²) >= 11 is 0. The topological polar surface area (TPSA) is 112 Å². The molecular weight excluding hydrogens is 226 g/mol. The van der Waals surface area contributed by atoms with Crippen molar-refractivity contribution in [3.8, 4) is 0 Å². The monoisotopic (exact) mass is 239 g/mol. The number of anilines is 1. The van der Waals surface area contributed by atoms with E-state index in [9.17, 15) is 9.59 Å². The van der Waals surface area contributed by atoms with Gasteiger partial charge in [0.1, 0.15) is 18.2 Å². The number of carboxylic acids is 2. The van der Waals surface area contributed by atoms with E-state index in [0.29, 0.717) is 12.2 Å². The van der Waals surface area contributed by atoms with E-state index in [0.717, 1.165) is 5.69 Å². The molecule has 0 fully saturated rings. The SMILES string of the molecule is CCc1cc(NC(CC(=O)O)C(=O)O)ncn1. The van der Waals surface area contributed by atoms with Gasteiger partial charge in [0, 0.05) is 11.8 Å². The summed E-state index contributed by atoms with van der Waals surface area (Å²) in [4.78, 5) is 29.1. The molecule has 7 heteroatoms. The lowest BCUT2D eigenvalue weighted by molar-refractivity contribution is -0.144. The molecule has 0 aliphatic carbocycles. The first-order valence-corrected chi connectivity index (χ1v) is 5.05. The van der Waals surface area contributed by atoms with Gasteiger partial charge in [0.25, 0.3) is 0 Å². The fraction of sp³-hybridized carbons (Fsp3) is 0.400. The number of aryl methyl sites for hydroxylation is 1. The van der Waals surface area contributed by atoms with Gasteiger partial charge in [0.05, 0.1) is 6.42 Å². The molecule has 0 saturated carbocycles. The molecule has 17 heavy (non-hydrogen) atoms. The largest absolute Gasteiger partial charge is 0.481 e.